The minimum Gasteiger partial charge on any atom is -0.383 e. The average molecular weight is 672 g/mol. The van der Waals surface area contributed by atoms with Crippen LogP contribution in [0.5, 0.6) is 0 Å². The maximum absolute atomic E-state index is 6.54. The van der Waals surface area contributed by atoms with Crippen molar-refractivity contribution >= 4 is 22.4 Å². The summed E-state index contributed by atoms with van der Waals surface area (Å²) in [7, 11) is 0. The van der Waals surface area contributed by atoms with Gasteiger partial charge in [-0.05, 0) is 110 Å². The van der Waals surface area contributed by atoms with Crippen LogP contribution in [0.1, 0.15) is 31.2 Å². The number of allylic oxidation sites excluding steroid dienone is 5. The highest BCUT2D eigenvalue weighted by Crippen LogP contribution is 2.43. The zero-order valence-electron chi connectivity index (χ0n) is 29.3. The van der Waals surface area contributed by atoms with E-state index < -0.39 is 0 Å². The third-order valence-corrected chi connectivity index (χ3v) is 9.87. The van der Waals surface area contributed by atoms with Crippen molar-refractivity contribution in [3.63, 3.8) is 0 Å². The quantitative estimate of drug-likeness (QED) is 0.127. The van der Waals surface area contributed by atoms with Gasteiger partial charge in [0.15, 0.2) is 5.84 Å². The first-order valence-corrected chi connectivity index (χ1v) is 18.2. The number of rotatable bonds is 8. The molecular formula is C49H41N3. The van der Waals surface area contributed by atoms with Crippen LogP contribution in [0.15, 0.2) is 197 Å². The van der Waals surface area contributed by atoms with E-state index >= 15 is 0 Å². The Morgan fingerprint density at radius 3 is 1.92 bits per heavy atom. The molecule has 6 aromatic carbocycles. The van der Waals surface area contributed by atoms with E-state index in [9.17, 15) is 0 Å². The third kappa shape index (κ3) is 7.12. The fourth-order valence-corrected chi connectivity index (χ4v) is 7.23. The molecule has 52 heavy (non-hydrogen) atoms. The van der Waals surface area contributed by atoms with Crippen molar-refractivity contribution in [3.05, 3.63) is 193 Å². The van der Waals surface area contributed by atoms with Crippen LogP contribution in [0, 0.1) is 0 Å². The second kappa shape index (κ2) is 15.3. The lowest BCUT2D eigenvalue weighted by Gasteiger charge is -2.18. The lowest BCUT2D eigenvalue weighted by molar-refractivity contribution is 0.983. The molecule has 0 saturated heterocycles. The predicted octanol–water partition coefficient (Wildman–Crippen LogP) is 12.3. The van der Waals surface area contributed by atoms with E-state index in [1.54, 1.807) is 0 Å². The second-order valence-corrected chi connectivity index (χ2v) is 13.3. The summed E-state index contributed by atoms with van der Waals surface area (Å²) >= 11 is 0. The fourth-order valence-electron chi connectivity index (χ4n) is 7.23. The predicted molar refractivity (Wildman–Crippen MR) is 221 cm³/mol. The van der Waals surface area contributed by atoms with E-state index in [1.165, 1.54) is 49.7 Å². The van der Waals surface area contributed by atoms with Gasteiger partial charge in [0.25, 0.3) is 0 Å². The van der Waals surface area contributed by atoms with E-state index in [-0.39, 0.29) is 0 Å². The van der Waals surface area contributed by atoms with Crippen LogP contribution < -0.4 is 5.73 Å². The number of fused-ring (bicyclic) bond motifs is 1. The monoisotopic (exact) mass is 671 g/mol. The highest BCUT2D eigenvalue weighted by atomic mass is 15.0. The molecule has 252 valence electrons. The van der Waals surface area contributed by atoms with E-state index in [2.05, 4.69) is 176 Å². The molecule has 0 radical (unpaired) electrons. The molecule has 0 unspecified atom stereocenters. The molecule has 3 heteroatoms. The summed E-state index contributed by atoms with van der Waals surface area (Å²) in [6.45, 7) is 0.500. The number of nitrogens with zero attached hydrogens (tertiary/aromatic N) is 2. The van der Waals surface area contributed by atoms with Crippen LogP contribution in [-0.2, 0) is 6.54 Å². The SMILES string of the molecule is NC(=NC(=NCc1cccc(-c2cc3ccccc3cc2-c2ccccc2-c2ccccc2-c2ccccc2)c1)C1=CC=CCC1)C1=CCCC=C1. The standard InChI is InChI=1S/C49H41N3/c50-48(37-20-6-2-7-21-37)52-49(38-22-8-3-9-23-38)51-34-35-17-16-26-41(31-35)46-32-39-24-10-11-25-40(39)33-47(46)45-30-15-14-29-44(45)43-28-13-12-27-42(43)36-18-4-1-5-19-36/h1,3-6,8,10-22,24-33H,2,7,9,23,34H2,(H2,50,51,52). The Labute approximate surface area is 306 Å². The molecule has 8 rings (SSSR count). The van der Waals surface area contributed by atoms with Gasteiger partial charge in [-0.25, -0.2) is 4.99 Å². The third-order valence-electron chi connectivity index (χ3n) is 9.87. The topological polar surface area (TPSA) is 50.7 Å². The molecule has 6 aromatic rings. The van der Waals surface area contributed by atoms with Crippen LogP contribution in [-0.4, -0.2) is 11.7 Å². The van der Waals surface area contributed by atoms with Gasteiger partial charge in [-0.3, -0.25) is 4.99 Å². The minimum absolute atomic E-state index is 0.500. The molecule has 0 fully saturated rings. The summed E-state index contributed by atoms with van der Waals surface area (Å²) in [4.78, 5) is 10.0. The molecule has 2 aliphatic carbocycles. The van der Waals surface area contributed by atoms with Gasteiger partial charge in [0, 0.05) is 5.57 Å². The zero-order valence-corrected chi connectivity index (χ0v) is 29.3. The van der Waals surface area contributed by atoms with Crippen LogP contribution in [0.25, 0.3) is 55.3 Å². The van der Waals surface area contributed by atoms with Gasteiger partial charge in [0.2, 0.25) is 0 Å². The van der Waals surface area contributed by atoms with Crippen molar-refractivity contribution < 1.29 is 0 Å². The maximum atomic E-state index is 6.54. The lowest BCUT2D eigenvalue weighted by Crippen LogP contribution is -2.18. The van der Waals surface area contributed by atoms with Gasteiger partial charge in [-0.2, -0.15) is 0 Å². The number of aliphatic imine (C=N–C) groups is 2. The Hall–Kier alpha value is -6.32. The summed E-state index contributed by atoms with van der Waals surface area (Å²) < 4.78 is 0. The minimum atomic E-state index is 0.500. The van der Waals surface area contributed by atoms with E-state index in [0.29, 0.717) is 18.2 Å². The normalized spacial score (nSPS) is 14.7. The van der Waals surface area contributed by atoms with Gasteiger partial charge in [-0.1, -0.05) is 158 Å². The van der Waals surface area contributed by atoms with Crippen molar-refractivity contribution in [2.45, 2.75) is 32.2 Å². The first-order valence-electron chi connectivity index (χ1n) is 18.2. The van der Waals surface area contributed by atoms with Gasteiger partial charge in [0.05, 0.1) is 6.54 Å². The highest BCUT2D eigenvalue weighted by molar-refractivity contribution is 6.12. The highest BCUT2D eigenvalue weighted by Gasteiger charge is 2.17. The fraction of sp³-hybridized carbons (Fsp3) is 0.102. The van der Waals surface area contributed by atoms with Crippen molar-refractivity contribution in [1.82, 2.24) is 0 Å². The van der Waals surface area contributed by atoms with Gasteiger partial charge in [-0.15, -0.1) is 0 Å². The van der Waals surface area contributed by atoms with Crippen molar-refractivity contribution in [2.75, 3.05) is 0 Å². The Balaban J connectivity index is 1.22. The largest absolute Gasteiger partial charge is 0.383 e. The van der Waals surface area contributed by atoms with E-state index in [4.69, 9.17) is 15.7 Å². The molecule has 0 heterocycles. The van der Waals surface area contributed by atoms with Crippen molar-refractivity contribution in [3.8, 4) is 44.5 Å². The molecule has 2 aliphatic rings. The summed E-state index contributed by atoms with van der Waals surface area (Å²) in [5, 5.41) is 2.42. The number of amidine groups is 2. The molecule has 0 aromatic heterocycles. The summed E-state index contributed by atoms with van der Waals surface area (Å²) in [6.07, 6.45) is 16.7. The van der Waals surface area contributed by atoms with Gasteiger partial charge >= 0.3 is 0 Å². The van der Waals surface area contributed by atoms with Gasteiger partial charge < -0.3 is 5.73 Å². The van der Waals surface area contributed by atoms with Crippen LogP contribution in [0.3, 0.4) is 0 Å². The summed E-state index contributed by atoms with van der Waals surface area (Å²) in [5.74, 6) is 1.23. The number of hydrogen-bond donors (Lipinski definition) is 1. The van der Waals surface area contributed by atoms with E-state index in [0.717, 1.165) is 48.0 Å². The molecule has 3 nitrogen and oxygen atoms in total. The number of hydrogen-bond acceptors (Lipinski definition) is 1. The molecule has 0 aliphatic heterocycles. The second-order valence-electron chi connectivity index (χ2n) is 13.3. The van der Waals surface area contributed by atoms with Gasteiger partial charge in [0.1, 0.15) is 5.84 Å². The van der Waals surface area contributed by atoms with E-state index in [1.807, 2.05) is 0 Å². The first-order chi connectivity index (χ1) is 25.7. The Kier molecular flexibility index (Phi) is 9.66. The Morgan fingerprint density at radius 1 is 0.558 bits per heavy atom. The lowest BCUT2D eigenvalue weighted by atomic mass is 9.85. The molecular weight excluding hydrogens is 631 g/mol. The summed E-state index contributed by atoms with van der Waals surface area (Å²) in [5.41, 5.74) is 19.3. The number of benzene rings is 6. The van der Waals surface area contributed by atoms with Crippen molar-refractivity contribution in [1.29, 1.82) is 0 Å². The molecule has 0 amide bonds. The average Bonchev–Trinajstić information content (AvgIpc) is 3.23. The molecule has 2 N–H and O–H groups in total. The molecule has 0 bridgehead atoms. The molecule has 0 saturated carbocycles. The molecule has 0 spiro atoms. The molecule has 0 atom stereocenters. The van der Waals surface area contributed by atoms with Crippen molar-refractivity contribution in [2.24, 2.45) is 15.7 Å². The smallest absolute Gasteiger partial charge is 0.153 e. The van der Waals surface area contributed by atoms with Crippen LogP contribution >= 0.6 is 0 Å². The van der Waals surface area contributed by atoms with Crippen LogP contribution in [0.4, 0.5) is 0 Å². The maximum Gasteiger partial charge on any atom is 0.153 e. The Bertz CT molecular complexity index is 2440. The zero-order chi connectivity index (χ0) is 35.1. The van der Waals surface area contributed by atoms with Crippen LogP contribution in [0.2, 0.25) is 0 Å². The number of nitrogens with two attached hydrogens (primary N) is 1. The first kappa shape index (κ1) is 32.9. The summed E-state index contributed by atoms with van der Waals surface area (Å²) in [6, 6.07) is 50.3. The Morgan fingerprint density at radius 2 is 1.21 bits per heavy atom.